The lowest BCUT2D eigenvalue weighted by Crippen LogP contribution is -2.49. The monoisotopic (exact) mass is 360 g/mol. The summed E-state index contributed by atoms with van der Waals surface area (Å²) < 4.78 is 34.2. The van der Waals surface area contributed by atoms with Crippen molar-refractivity contribution in [3.05, 3.63) is 0 Å². The third-order valence-corrected chi connectivity index (χ3v) is 7.58. The van der Waals surface area contributed by atoms with Gasteiger partial charge >= 0.3 is 0 Å². The second kappa shape index (κ2) is 8.42. The summed E-state index contributed by atoms with van der Waals surface area (Å²) in [5, 5.41) is 0. The molecule has 1 atom stereocenters. The third kappa shape index (κ3) is 4.28. The van der Waals surface area contributed by atoms with Gasteiger partial charge in [-0.25, -0.2) is 0 Å². The summed E-state index contributed by atoms with van der Waals surface area (Å²) in [4.78, 5) is 5.03. The van der Waals surface area contributed by atoms with Gasteiger partial charge in [-0.05, 0) is 38.9 Å². The molecule has 0 aromatic heterocycles. The van der Waals surface area contributed by atoms with E-state index < -0.39 is 10.2 Å². The molecule has 0 spiro atoms. The van der Waals surface area contributed by atoms with Crippen LogP contribution in [0.15, 0.2) is 0 Å². The molecule has 0 N–H and O–H groups in total. The van der Waals surface area contributed by atoms with Crippen molar-refractivity contribution < 1.29 is 13.2 Å². The number of likely N-dealkylation sites (N-methyl/N-ethyl adjacent to an activating group) is 1. The van der Waals surface area contributed by atoms with Crippen LogP contribution in [0.4, 0.5) is 0 Å². The Balaban J connectivity index is 1.54. The summed E-state index contributed by atoms with van der Waals surface area (Å²) in [6.07, 6.45) is 3.49. The molecule has 140 valence electrons. The van der Waals surface area contributed by atoms with Crippen LogP contribution in [0.2, 0.25) is 0 Å². The van der Waals surface area contributed by atoms with E-state index in [0.717, 1.165) is 32.6 Å². The fourth-order valence-electron chi connectivity index (χ4n) is 4.12. The van der Waals surface area contributed by atoms with Crippen LogP contribution in [0.5, 0.6) is 0 Å². The highest BCUT2D eigenvalue weighted by Crippen LogP contribution is 2.19. The molecule has 0 amide bonds. The molecular formula is C16H32N4O3S. The van der Waals surface area contributed by atoms with E-state index >= 15 is 0 Å². The van der Waals surface area contributed by atoms with Crippen molar-refractivity contribution in [3.63, 3.8) is 0 Å². The number of hydrogen-bond donors (Lipinski definition) is 0. The SMILES string of the molecule is CCN1CCCC1CN1CCCN(S(=O)(=O)N2CCOCC2)CC1. The van der Waals surface area contributed by atoms with E-state index in [-0.39, 0.29) is 0 Å². The van der Waals surface area contributed by atoms with Gasteiger partial charge in [0.25, 0.3) is 10.2 Å². The van der Waals surface area contributed by atoms with Gasteiger partial charge in [0.15, 0.2) is 0 Å². The Hall–Kier alpha value is -0.250. The Morgan fingerprint density at radius 1 is 0.917 bits per heavy atom. The van der Waals surface area contributed by atoms with E-state index in [1.54, 1.807) is 8.61 Å². The molecule has 0 bridgehead atoms. The van der Waals surface area contributed by atoms with Crippen LogP contribution in [0.3, 0.4) is 0 Å². The van der Waals surface area contributed by atoms with Gasteiger partial charge in [-0.15, -0.1) is 0 Å². The number of ether oxygens (including phenoxy) is 1. The van der Waals surface area contributed by atoms with Gasteiger partial charge in [0.05, 0.1) is 13.2 Å². The van der Waals surface area contributed by atoms with Gasteiger partial charge in [0.2, 0.25) is 0 Å². The third-order valence-electron chi connectivity index (χ3n) is 5.54. The number of rotatable bonds is 5. The Morgan fingerprint density at radius 2 is 1.67 bits per heavy atom. The first kappa shape index (κ1) is 18.5. The fourth-order valence-corrected chi connectivity index (χ4v) is 5.73. The predicted octanol–water partition coefficient (Wildman–Crippen LogP) is 0.0554. The molecular weight excluding hydrogens is 328 g/mol. The zero-order valence-corrected chi connectivity index (χ0v) is 15.7. The Labute approximate surface area is 146 Å². The maximum absolute atomic E-state index is 12.8. The van der Waals surface area contributed by atoms with E-state index in [1.165, 1.54) is 19.4 Å². The van der Waals surface area contributed by atoms with Crippen molar-refractivity contribution in [2.75, 3.05) is 72.1 Å². The number of likely N-dealkylation sites (tertiary alicyclic amines) is 1. The molecule has 0 saturated carbocycles. The largest absolute Gasteiger partial charge is 0.379 e. The summed E-state index contributed by atoms with van der Waals surface area (Å²) in [7, 11) is -3.32. The van der Waals surface area contributed by atoms with Crippen LogP contribution in [-0.4, -0.2) is 105 Å². The number of morpholine rings is 1. The highest BCUT2D eigenvalue weighted by atomic mass is 32.2. The van der Waals surface area contributed by atoms with E-state index in [9.17, 15) is 8.42 Å². The zero-order chi connectivity index (χ0) is 17.0. The lowest BCUT2D eigenvalue weighted by Gasteiger charge is -2.32. The maximum atomic E-state index is 12.8. The first-order valence-electron chi connectivity index (χ1n) is 9.40. The van der Waals surface area contributed by atoms with Crippen LogP contribution < -0.4 is 0 Å². The molecule has 7 nitrogen and oxygen atoms in total. The summed E-state index contributed by atoms with van der Waals surface area (Å²) in [5.41, 5.74) is 0. The Morgan fingerprint density at radius 3 is 2.42 bits per heavy atom. The highest BCUT2D eigenvalue weighted by Gasteiger charge is 2.33. The van der Waals surface area contributed by atoms with Gasteiger partial charge in [-0.3, -0.25) is 4.90 Å². The van der Waals surface area contributed by atoms with Crippen molar-refractivity contribution in [1.29, 1.82) is 0 Å². The van der Waals surface area contributed by atoms with Gasteiger partial charge < -0.3 is 9.64 Å². The van der Waals surface area contributed by atoms with Crippen molar-refractivity contribution in [2.24, 2.45) is 0 Å². The van der Waals surface area contributed by atoms with Gasteiger partial charge in [-0.2, -0.15) is 17.0 Å². The van der Waals surface area contributed by atoms with Crippen LogP contribution in [0.1, 0.15) is 26.2 Å². The molecule has 3 rings (SSSR count). The quantitative estimate of drug-likeness (QED) is 0.694. The molecule has 0 aromatic rings. The van der Waals surface area contributed by atoms with E-state index in [0.29, 0.717) is 45.4 Å². The Bertz CT molecular complexity index is 496. The summed E-state index contributed by atoms with van der Waals surface area (Å²) in [6, 6.07) is 0.650. The molecule has 3 saturated heterocycles. The molecule has 3 heterocycles. The van der Waals surface area contributed by atoms with Crippen molar-refractivity contribution in [3.8, 4) is 0 Å². The molecule has 0 aliphatic carbocycles. The van der Waals surface area contributed by atoms with Gasteiger partial charge in [0, 0.05) is 45.3 Å². The minimum atomic E-state index is -3.32. The fraction of sp³-hybridized carbons (Fsp3) is 1.00. The lowest BCUT2D eigenvalue weighted by atomic mass is 10.2. The highest BCUT2D eigenvalue weighted by molar-refractivity contribution is 7.86. The average Bonchev–Trinajstić information content (AvgIpc) is 2.91. The van der Waals surface area contributed by atoms with Crippen molar-refractivity contribution in [1.82, 2.24) is 18.4 Å². The predicted molar refractivity (Wildman–Crippen MR) is 94.2 cm³/mol. The number of hydrogen-bond acceptors (Lipinski definition) is 5. The van der Waals surface area contributed by atoms with Gasteiger partial charge in [-0.1, -0.05) is 6.92 Å². The molecule has 3 aliphatic heterocycles. The average molecular weight is 361 g/mol. The van der Waals surface area contributed by atoms with E-state index in [2.05, 4.69) is 16.7 Å². The second-order valence-electron chi connectivity index (χ2n) is 7.00. The minimum Gasteiger partial charge on any atom is -0.379 e. The molecule has 24 heavy (non-hydrogen) atoms. The second-order valence-corrected chi connectivity index (χ2v) is 8.93. The minimum absolute atomic E-state index is 0.482. The Kier molecular flexibility index (Phi) is 6.50. The summed E-state index contributed by atoms with van der Waals surface area (Å²) in [5.74, 6) is 0. The van der Waals surface area contributed by atoms with Crippen LogP contribution in [0.25, 0.3) is 0 Å². The maximum Gasteiger partial charge on any atom is 0.282 e. The molecule has 3 fully saturated rings. The first-order chi connectivity index (χ1) is 11.6. The molecule has 8 heteroatoms. The van der Waals surface area contributed by atoms with Crippen molar-refractivity contribution >= 4 is 10.2 Å². The van der Waals surface area contributed by atoms with E-state index in [4.69, 9.17) is 4.74 Å². The van der Waals surface area contributed by atoms with Crippen LogP contribution in [0, 0.1) is 0 Å². The molecule has 3 aliphatic rings. The normalized spacial score (nSPS) is 29.8. The standard InChI is InChI=1S/C16H32N4O3S/c1-2-18-7-3-5-16(18)15-17-6-4-8-19(10-9-17)24(21,22)20-11-13-23-14-12-20/h16H,2-15H2,1H3. The molecule has 0 radical (unpaired) electrons. The number of nitrogens with zero attached hydrogens (tertiary/aromatic N) is 4. The van der Waals surface area contributed by atoms with Crippen LogP contribution in [-0.2, 0) is 14.9 Å². The summed E-state index contributed by atoms with van der Waals surface area (Å²) >= 11 is 0. The van der Waals surface area contributed by atoms with Crippen LogP contribution >= 0.6 is 0 Å². The first-order valence-corrected chi connectivity index (χ1v) is 10.8. The zero-order valence-electron chi connectivity index (χ0n) is 14.9. The smallest absolute Gasteiger partial charge is 0.282 e. The topological polar surface area (TPSA) is 56.3 Å². The van der Waals surface area contributed by atoms with Gasteiger partial charge in [0.1, 0.15) is 0 Å². The molecule has 0 aromatic carbocycles. The molecule has 1 unspecified atom stereocenters. The summed E-state index contributed by atoms with van der Waals surface area (Å²) in [6.45, 7) is 10.7. The lowest BCUT2D eigenvalue weighted by molar-refractivity contribution is 0.0702. The van der Waals surface area contributed by atoms with Crippen molar-refractivity contribution in [2.45, 2.75) is 32.2 Å². The van der Waals surface area contributed by atoms with E-state index in [1.807, 2.05) is 0 Å².